The van der Waals surface area contributed by atoms with E-state index >= 15 is 0 Å². The molecule has 0 spiro atoms. The first-order chi connectivity index (χ1) is 10.4. The molecule has 1 saturated carbocycles. The van der Waals surface area contributed by atoms with Gasteiger partial charge < -0.3 is 0 Å². The molecule has 0 atom stereocenters. The summed E-state index contributed by atoms with van der Waals surface area (Å²) < 4.78 is 2.23. The molecular formula is C15H16N4S2. The summed E-state index contributed by atoms with van der Waals surface area (Å²) in [4.78, 5) is 7.76. The highest BCUT2D eigenvalue weighted by atomic mass is 32.2. The van der Waals surface area contributed by atoms with Crippen LogP contribution < -0.4 is 0 Å². The lowest BCUT2D eigenvalue weighted by Crippen LogP contribution is -2.02. The molecule has 0 unspecified atom stereocenters. The molecule has 0 N–H and O–H groups in total. The number of fused-ring (bicyclic) bond motifs is 5. The van der Waals surface area contributed by atoms with Crippen LogP contribution in [0.4, 0.5) is 0 Å². The molecule has 0 saturated heterocycles. The standard InChI is InChI=1S/C15H16N4S2/c1-20-15-18-17-13-11-9-4-2-3-5-10(9)21-14(11)16-12(19(13)15)8-6-7-8/h8H,2-7H2,1H3. The molecule has 1 fully saturated rings. The van der Waals surface area contributed by atoms with Gasteiger partial charge in [-0.05, 0) is 50.3 Å². The summed E-state index contributed by atoms with van der Waals surface area (Å²) in [6.07, 6.45) is 9.57. The zero-order valence-corrected chi connectivity index (χ0v) is 13.6. The van der Waals surface area contributed by atoms with Crippen molar-refractivity contribution in [2.24, 2.45) is 0 Å². The third-order valence-corrected chi connectivity index (χ3v) is 6.40. The molecule has 0 aromatic carbocycles. The lowest BCUT2D eigenvalue weighted by Gasteiger charge is -2.10. The van der Waals surface area contributed by atoms with Crippen LogP contribution in [0.1, 0.15) is 47.9 Å². The second-order valence-electron chi connectivity index (χ2n) is 5.98. The monoisotopic (exact) mass is 316 g/mol. The van der Waals surface area contributed by atoms with E-state index < -0.39 is 0 Å². The molecule has 6 heteroatoms. The molecule has 0 radical (unpaired) electrons. The molecule has 3 aromatic rings. The molecule has 0 bridgehead atoms. The second-order valence-corrected chi connectivity index (χ2v) is 7.84. The number of hydrogen-bond acceptors (Lipinski definition) is 5. The first-order valence-corrected chi connectivity index (χ1v) is 9.64. The van der Waals surface area contributed by atoms with Crippen molar-refractivity contribution in [3.8, 4) is 0 Å². The van der Waals surface area contributed by atoms with Gasteiger partial charge >= 0.3 is 0 Å². The van der Waals surface area contributed by atoms with Crippen LogP contribution in [-0.2, 0) is 12.8 Å². The summed E-state index contributed by atoms with van der Waals surface area (Å²) >= 11 is 3.56. The maximum absolute atomic E-state index is 5.04. The van der Waals surface area contributed by atoms with Crippen molar-refractivity contribution in [1.29, 1.82) is 0 Å². The normalized spacial score (nSPS) is 18.5. The Morgan fingerprint density at radius 2 is 2.05 bits per heavy atom. The van der Waals surface area contributed by atoms with Gasteiger partial charge in [0.2, 0.25) is 0 Å². The molecule has 2 aliphatic rings. The molecule has 3 heterocycles. The fourth-order valence-electron chi connectivity index (χ4n) is 3.40. The van der Waals surface area contributed by atoms with E-state index in [4.69, 9.17) is 4.98 Å². The van der Waals surface area contributed by atoms with Gasteiger partial charge in [0.25, 0.3) is 0 Å². The summed E-state index contributed by atoms with van der Waals surface area (Å²) in [5, 5.41) is 11.2. The number of aryl methyl sites for hydroxylation is 2. The summed E-state index contributed by atoms with van der Waals surface area (Å²) in [5.41, 5.74) is 2.55. The van der Waals surface area contributed by atoms with Crippen LogP contribution in [0.3, 0.4) is 0 Å². The van der Waals surface area contributed by atoms with Gasteiger partial charge in [-0.2, -0.15) is 0 Å². The molecule has 108 valence electrons. The van der Waals surface area contributed by atoms with Crippen molar-refractivity contribution in [2.75, 3.05) is 6.26 Å². The number of thioether (sulfide) groups is 1. The second kappa shape index (κ2) is 4.43. The van der Waals surface area contributed by atoms with E-state index in [1.165, 1.54) is 65.0 Å². The Kier molecular flexibility index (Phi) is 2.62. The van der Waals surface area contributed by atoms with Crippen molar-refractivity contribution < 1.29 is 0 Å². The largest absolute Gasteiger partial charge is 0.257 e. The van der Waals surface area contributed by atoms with Gasteiger partial charge in [-0.3, -0.25) is 4.40 Å². The predicted octanol–water partition coefficient (Wildman–Crippen LogP) is 3.82. The highest BCUT2D eigenvalue weighted by Crippen LogP contribution is 2.44. The Balaban J connectivity index is 1.93. The van der Waals surface area contributed by atoms with Gasteiger partial charge in [0, 0.05) is 10.8 Å². The zero-order valence-electron chi connectivity index (χ0n) is 11.9. The van der Waals surface area contributed by atoms with Crippen LogP contribution in [0, 0.1) is 0 Å². The average molecular weight is 316 g/mol. The smallest absolute Gasteiger partial charge is 0.196 e. The molecule has 3 aromatic heterocycles. The Morgan fingerprint density at radius 1 is 1.19 bits per heavy atom. The van der Waals surface area contributed by atoms with E-state index in [1.807, 2.05) is 11.3 Å². The van der Waals surface area contributed by atoms with Gasteiger partial charge in [0.05, 0.1) is 5.39 Å². The number of thiophene rings is 1. The summed E-state index contributed by atoms with van der Waals surface area (Å²) in [7, 11) is 0. The Hall–Kier alpha value is -1.14. The van der Waals surface area contributed by atoms with E-state index in [9.17, 15) is 0 Å². The highest BCUT2D eigenvalue weighted by Gasteiger charge is 2.31. The summed E-state index contributed by atoms with van der Waals surface area (Å²) in [6, 6.07) is 0. The van der Waals surface area contributed by atoms with E-state index in [1.54, 1.807) is 11.8 Å². The van der Waals surface area contributed by atoms with Crippen molar-refractivity contribution in [3.05, 3.63) is 16.3 Å². The Morgan fingerprint density at radius 3 is 2.86 bits per heavy atom. The third kappa shape index (κ3) is 1.72. The molecule has 0 aliphatic heterocycles. The van der Waals surface area contributed by atoms with Crippen LogP contribution in [0.15, 0.2) is 5.16 Å². The van der Waals surface area contributed by atoms with Crippen LogP contribution in [-0.4, -0.2) is 25.8 Å². The molecular weight excluding hydrogens is 300 g/mol. The Bertz CT molecular complexity index is 860. The van der Waals surface area contributed by atoms with Crippen LogP contribution in [0.25, 0.3) is 15.9 Å². The zero-order chi connectivity index (χ0) is 14.0. The first kappa shape index (κ1) is 12.4. The van der Waals surface area contributed by atoms with E-state index in [0.717, 1.165) is 10.8 Å². The predicted molar refractivity (Wildman–Crippen MR) is 86.6 cm³/mol. The summed E-state index contributed by atoms with van der Waals surface area (Å²) in [5.74, 6) is 1.79. The van der Waals surface area contributed by atoms with Crippen LogP contribution >= 0.6 is 23.1 Å². The van der Waals surface area contributed by atoms with Crippen molar-refractivity contribution in [2.45, 2.75) is 49.6 Å². The highest BCUT2D eigenvalue weighted by molar-refractivity contribution is 7.98. The van der Waals surface area contributed by atoms with Crippen LogP contribution in [0.5, 0.6) is 0 Å². The van der Waals surface area contributed by atoms with Crippen molar-refractivity contribution in [1.82, 2.24) is 19.6 Å². The maximum atomic E-state index is 5.04. The van der Waals surface area contributed by atoms with Crippen molar-refractivity contribution in [3.63, 3.8) is 0 Å². The minimum Gasteiger partial charge on any atom is -0.257 e. The molecule has 2 aliphatic carbocycles. The van der Waals surface area contributed by atoms with Crippen LogP contribution in [0.2, 0.25) is 0 Å². The van der Waals surface area contributed by atoms with Gasteiger partial charge in [0.15, 0.2) is 10.8 Å². The maximum Gasteiger partial charge on any atom is 0.196 e. The molecule has 0 amide bonds. The summed E-state index contributed by atoms with van der Waals surface area (Å²) in [6.45, 7) is 0. The number of hydrogen-bond donors (Lipinski definition) is 0. The van der Waals surface area contributed by atoms with Gasteiger partial charge in [0.1, 0.15) is 10.7 Å². The van der Waals surface area contributed by atoms with E-state index in [-0.39, 0.29) is 0 Å². The van der Waals surface area contributed by atoms with E-state index in [0.29, 0.717) is 5.92 Å². The van der Waals surface area contributed by atoms with Crippen molar-refractivity contribution >= 4 is 39.0 Å². The minimum atomic E-state index is 0.609. The van der Waals surface area contributed by atoms with Gasteiger partial charge in [-0.25, -0.2) is 4.98 Å². The number of rotatable bonds is 2. The fourth-order valence-corrected chi connectivity index (χ4v) is 5.15. The fraction of sp³-hybridized carbons (Fsp3) is 0.533. The van der Waals surface area contributed by atoms with E-state index in [2.05, 4.69) is 20.9 Å². The average Bonchev–Trinajstić information content (AvgIpc) is 3.16. The number of aromatic nitrogens is 4. The van der Waals surface area contributed by atoms with Gasteiger partial charge in [-0.1, -0.05) is 11.8 Å². The number of nitrogens with zero attached hydrogens (tertiary/aromatic N) is 4. The SMILES string of the molecule is CSc1nnc2c3c4c(sc3nc(C3CC3)n12)CCCC4. The lowest BCUT2D eigenvalue weighted by atomic mass is 9.97. The quantitative estimate of drug-likeness (QED) is 0.674. The minimum absolute atomic E-state index is 0.609. The topological polar surface area (TPSA) is 43.1 Å². The lowest BCUT2D eigenvalue weighted by molar-refractivity contribution is 0.700. The molecule has 21 heavy (non-hydrogen) atoms. The third-order valence-electron chi connectivity index (χ3n) is 4.58. The van der Waals surface area contributed by atoms with Gasteiger partial charge in [-0.15, -0.1) is 21.5 Å². The molecule has 4 nitrogen and oxygen atoms in total. The molecule has 5 rings (SSSR count). The Labute approximate surface area is 131 Å². The first-order valence-electron chi connectivity index (χ1n) is 7.60.